The zero-order valence-corrected chi connectivity index (χ0v) is 14.8. The van der Waals surface area contributed by atoms with Gasteiger partial charge in [0.05, 0.1) is 31.3 Å². The van der Waals surface area contributed by atoms with E-state index in [1.807, 2.05) is 49.9 Å². The Morgan fingerprint density at radius 1 is 1.42 bits per heavy atom. The Balaban J connectivity index is 1.75. The Morgan fingerprint density at radius 3 is 2.88 bits per heavy atom. The molecule has 0 unspecified atom stereocenters. The summed E-state index contributed by atoms with van der Waals surface area (Å²) in [7, 11) is 0. The molecule has 1 amide bonds. The van der Waals surface area contributed by atoms with Crippen LogP contribution in [0.2, 0.25) is 5.02 Å². The molecule has 1 saturated heterocycles. The van der Waals surface area contributed by atoms with Crippen LogP contribution in [-0.2, 0) is 16.0 Å². The second kappa shape index (κ2) is 6.95. The van der Waals surface area contributed by atoms with Gasteiger partial charge >= 0.3 is 0 Å². The van der Waals surface area contributed by atoms with Crippen molar-refractivity contribution in [1.29, 1.82) is 0 Å². The van der Waals surface area contributed by atoms with Gasteiger partial charge in [0.15, 0.2) is 0 Å². The molecule has 1 fully saturated rings. The minimum atomic E-state index is -0.159. The maximum atomic E-state index is 12.8. The monoisotopic (exact) mass is 348 g/mol. The van der Waals surface area contributed by atoms with E-state index in [0.717, 1.165) is 16.8 Å². The Kier molecular flexibility index (Phi) is 4.92. The summed E-state index contributed by atoms with van der Waals surface area (Å²) in [4.78, 5) is 14.7. The predicted octanol–water partition coefficient (Wildman–Crippen LogP) is 3.48. The summed E-state index contributed by atoms with van der Waals surface area (Å²) in [6.07, 6.45) is 0.141. The van der Waals surface area contributed by atoms with Crippen molar-refractivity contribution < 1.29 is 14.1 Å². The number of amides is 1. The summed E-state index contributed by atoms with van der Waals surface area (Å²) in [5, 5.41) is 4.59. The van der Waals surface area contributed by atoms with Gasteiger partial charge in [-0.25, -0.2) is 0 Å². The molecule has 24 heavy (non-hydrogen) atoms. The zero-order chi connectivity index (χ0) is 17.3. The average molecular weight is 349 g/mol. The first-order chi connectivity index (χ1) is 11.5. The van der Waals surface area contributed by atoms with Crippen LogP contribution in [0.4, 0.5) is 0 Å². The van der Waals surface area contributed by atoms with Gasteiger partial charge in [0.2, 0.25) is 5.91 Å². The Hall–Kier alpha value is -1.85. The Bertz CT molecular complexity index is 724. The topological polar surface area (TPSA) is 55.6 Å². The maximum absolute atomic E-state index is 12.8. The van der Waals surface area contributed by atoms with Crippen LogP contribution in [0.5, 0.6) is 0 Å². The number of carbonyl (C=O) groups is 1. The van der Waals surface area contributed by atoms with Crippen LogP contribution in [0.25, 0.3) is 0 Å². The average Bonchev–Trinajstić information content (AvgIpc) is 2.87. The van der Waals surface area contributed by atoms with Crippen molar-refractivity contribution in [1.82, 2.24) is 10.1 Å². The SMILES string of the molecule is Cc1noc(C)c1CC(=O)N1C[C@H](c2cccc(Cl)c2)OC[C@H]1C. The number of benzene rings is 1. The first kappa shape index (κ1) is 17.0. The number of morpholine rings is 1. The van der Waals surface area contributed by atoms with E-state index in [2.05, 4.69) is 5.16 Å². The number of rotatable bonds is 3. The largest absolute Gasteiger partial charge is 0.370 e. The van der Waals surface area contributed by atoms with Gasteiger partial charge in [0.1, 0.15) is 11.9 Å². The Labute approximate surface area is 146 Å². The molecule has 0 N–H and O–H groups in total. The molecular weight excluding hydrogens is 328 g/mol. The number of carbonyl (C=O) groups excluding carboxylic acids is 1. The van der Waals surface area contributed by atoms with Crippen LogP contribution < -0.4 is 0 Å². The first-order valence-electron chi connectivity index (χ1n) is 8.04. The number of hydrogen-bond donors (Lipinski definition) is 0. The number of halogens is 1. The summed E-state index contributed by atoms with van der Waals surface area (Å²) in [6.45, 7) is 6.71. The molecule has 1 aromatic carbocycles. The van der Waals surface area contributed by atoms with E-state index in [1.165, 1.54) is 0 Å². The van der Waals surface area contributed by atoms with Crippen LogP contribution in [0.1, 0.15) is 35.6 Å². The van der Waals surface area contributed by atoms with E-state index in [9.17, 15) is 4.79 Å². The van der Waals surface area contributed by atoms with E-state index >= 15 is 0 Å². The van der Waals surface area contributed by atoms with E-state index in [-0.39, 0.29) is 18.1 Å². The molecule has 1 aromatic heterocycles. The number of ether oxygens (including phenoxy) is 1. The molecule has 2 atom stereocenters. The highest BCUT2D eigenvalue weighted by Crippen LogP contribution is 2.27. The van der Waals surface area contributed by atoms with Crippen molar-refractivity contribution in [3.05, 3.63) is 51.9 Å². The standard InChI is InChI=1S/C18H21ClN2O3/c1-11-10-23-17(14-5-4-6-15(19)7-14)9-21(11)18(22)8-16-12(2)20-24-13(16)3/h4-7,11,17H,8-10H2,1-3H3/t11-,17-/m1/s1. The molecule has 0 bridgehead atoms. The third kappa shape index (κ3) is 3.47. The summed E-state index contributed by atoms with van der Waals surface area (Å²) in [5.74, 6) is 0.764. The normalized spacial score (nSPS) is 21.1. The lowest BCUT2D eigenvalue weighted by atomic mass is 10.0. The maximum Gasteiger partial charge on any atom is 0.227 e. The number of aromatic nitrogens is 1. The van der Waals surface area contributed by atoms with Crippen LogP contribution in [0, 0.1) is 13.8 Å². The number of aryl methyl sites for hydroxylation is 2. The molecule has 0 aliphatic carbocycles. The highest BCUT2D eigenvalue weighted by molar-refractivity contribution is 6.30. The molecule has 0 saturated carbocycles. The molecule has 1 aliphatic rings. The lowest BCUT2D eigenvalue weighted by molar-refractivity contribution is -0.143. The van der Waals surface area contributed by atoms with Gasteiger partial charge in [-0.3, -0.25) is 4.79 Å². The molecule has 3 rings (SSSR count). The molecule has 0 spiro atoms. The van der Waals surface area contributed by atoms with E-state index in [4.69, 9.17) is 20.9 Å². The van der Waals surface area contributed by atoms with Crippen LogP contribution in [-0.4, -0.2) is 35.2 Å². The molecule has 6 heteroatoms. The number of hydrogen-bond acceptors (Lipinski definition) is 4. The fraction of sp³-hybridized carbons (Fsp3) is 0.444. The predicted molar refractivity (Wildman–Crippen MR) is 91.0 cm³/mol. The van der Waals surface area contributed by atoms with E-state index in [1.54, 1.807) is 0 Å². The van der Waals surface area contributed by atoms with Crippen molar-refractivity contribution in [3.63, 3.8) is 0 Å². The Morgan fingerprint density at radius 2 is 2.21 bits per heavy atom. The van der Waals surface area contributed by atoms with Gasteiger partial charge in [-0.05, 0) is 38.5 Å². The minimum absolute atomic E-state index is 0.0356. The second-order valence-electron chi connectivity index (χ2n) is 6.25. The van der Waals surface area contributed by atoms with Crippen LogP contribution in [0.15, 0.2) is 28.8 Å². The van der Waals surface area contributed by atoms with Gasteiger partial charge in [-0.15, -0.1) is 0 Å². The van der Waals surface area contributed by atoms with Gasteiger partial charge in [0, 0.05) is 10.6 Å². The van der Waals surface area contributed by atoms with Crippen molar-refractivity contribution in [2.75, 3.05) is 13.2 Å². The summed E-state index contributed by atoms with van der Waals surface area (Å²) in [5.41, 5.74) is 2.63. The molecule has 2 aromatic rings. The zero-order valence-electron chi connectivity index (χ0n) is 14.1. The van der Waals surface area contributed by atoms with Gasteiger partial charge in [-0.2, -0.15) is 0 Å². The summed E-state index contributed by atoms with van der Waals surface area (Å²) in [6, 6.07) is 7.63. The third-order valence-electron chi connectivity index (χ3n) is 4.48. The molecular formula is C18H21ClN2O3. The highest BCUT2D eigenvalue weighted by atomic mass is 35.5. The quantitative estimate of drug-likeness (QED) is 0.852. The molecule has 5 nitrogen and oxygen atoms in total. The molecule has 0 radical (unpaired) electrons. The van der Waals surface area contributed by atoms with Gasteiger partial charge in [0.25, 0.3) is 0 Å². The van der Waals surface area contributed by atoms with Gasteiger partial charge < -0.3 is 14.2 Å². The van der Waals surface area contributed by atoms with Crippen molar-refractivity contribution in [2.24, 2.45) is 0 Å². The van der Waals surface area contributed by atoms with Crippen LogP contribution >= 0.6 is 11.6 Å². The lowest BCUT2D eigenvalue weighted by Crippen LogP contribution is -2.48. The summed E-state index contributed by atoms with van der Waals surface area (Å²) >= 11 is 6.07. The fourth-order valence-corrected chi connectivity index (χ4v) is 3.22. The van der Waals surface area contributed by atoms with Crippen molar-refractivity contribution in [3.8, 4) is 0 Å². The minimum Gasteiger partial charge on any atom is -0.370 e. The van der Waals surface area contributed by atoms with Crippen molar-refractivity contribution in [2.45, 2.75) is 39.3 Å². The van der Waals surface area contributed by atoms with E-state index in [0.29, 0.717) is 30.4 Å². The molecule has 128 valence electrons. The number of nitrogens with zero attached hydrogens (tertiary/aromatic N) is 2. The smallest absolute Gasteiger partial charge is 0.227 e. The third-order valence-corrected chi connectivity index (χ3v) is 4.72. The second-order valence-corrected chi connectivity index (χ2v) is 6.69. The molecule has 2 heterocycles. The first-order valence-corrected chi connectivity index (χ1v) is 8.41. The molecule has 1 aliphatic heterocycles. The highest BCUT2D eigenvalue weighted by Gasteiger charge is 2.31. The van der Waals surface area contributed by atoms with E-state index < -0.39 is 0 Å². The summed E-state index contributed by atoms with van der Waals surface area (Å²) < 4.78 is 11.1. The van der Waals surface area contributed by atoms with Crippen LogP contribution in [0.3, 0.4) is 0 Å². The van der Waals surface area contributed by atoms with Gasteiger partial charge in [-0.1, -0.05) is 28.9 Å². The fourth-order valence-electron chi connectivity index (χ4n) is 3.02. The van der Waals surface area contributed by atoms with Crippen molar-refractivity contribution >= 4 is 17.5 Å². The lowest BCUT2D eigenvalue weighted by Gasteiger charge is -2.38.